The average molecular weight is 339 g/mol. The first-order valence-corrected chi connectivity index (χ1v) is 9.18. The predicted octanol–water partition coefficient (Wildman–Crippen LogP) is 3.02. The average Bonchev–Trinajstić information content (AvgIpc) is 2.76. The molecule has 0 N–H and O–H groups in total. The smallest absolute Gasteiger partial charge is 0.159 e. The molecular weight excluding hydrogens is 324 g/mol. The fraction of sp³-hybridized carbons (Fsp3) is 0.800. The van der Waals surface area contributed by atoms with Crippen molar-refractivity contribution in [1.29, 1.82) is 0 Å². The summed E-state index contributed by atoms with van der Waals surface area (Å²) in [6, 6.07) is 0. The van der Waals surface area contributed by atoms with Gasteiger partial charge in [-0.05, 0) is 19.3 Å². The fourth-order valence-corrected chi connectivity index (χ4v) is 5.56. The maximum atomic E-state index is 12.0. The summed E-state index contributed by atoms with van der Waals surface area (Å²) >= 11 is 4.94. The molecule has 1 saturated heterocycles. The van der Waals surface area contributed by atoms with Crippen LogP contribution in [0.5, 0.6) is 0 Å². The molecule has 17 heavy (non-hydrogen) atoms. The van der Waals surface area contributed by atoms with Crippen LogP contribution in [-0.2, 0) is 9.84 Å². The molecule has 7 heteroatoms. The second kappa shape index (κ2) is 5.32. The van der Waals surface area contributed by atoms with Crippen molar-refractivity contribution < 1.29 is 8.42 Å². The molecular formula is C10H15BrN2O2S2. The molecule has 2 heterocycles. The normalized spacial score (nSPS) is 25.6. The molecule has 0 spiro atoms. The second-order valence-corrected chi connectivity index (χ2v) is 8.65. The number of alkyl halides is 1. The van der Waals surface area contributed by atoms with E-state index in [9.17, 15) is 8.42 Å². The van der Waals surface area contributed by atoms with E-state index in [4.69, 9.17) is 0 Å². The maximum absolute atomic E-state index is 12.0. The predicted molar refractivity (Wildman–Crippen MR) is 72.2 cm³/mol. The van der Waals surface area contributed by atoms with Gasteiger partial charge in [0.1, 0.15) is 15.3 Å². The summed E-state index contributed by atoms with van der Waals surface area (Å²) in [7, 11) is -3.00. The first-order chi connectivity index (χ1) is 8.04. The Bertz CT molecular complexity index is 486. The monoisotopic (exact) mass is 338 g/mol. The van der Waals surface area contributed by atoms with E-state index in [-0.39, 0.29) is 10.6 Å². The summed E-state index contributed by atoms with van der Waals surface area (Å²) < 4.78 is 23.9. The minimum Gasteiger partial charge on any atom is -0.228 e. The zero-order valence-corrected chi connectivity index (χ0v) is 12.8. The molecule has 0 saturated carbocycles. The zero-order valence-electron chi connectivity index (χ0n) is 9.60. The van der Waals surface area contributed by atoms with Crippen LogP contribution in [0, 0.1) is 0 Å². The standard InChI is InChI=1S/C10H15BrN2O2S2/c1-2-7(11)9-12-13-10(16-9)8-5-3-4-6-17(8,14)15/h7-8H,2-6H2,1H3. The lowest BCUT2D eigenvalue weighted by atomic mass is 10.2. The first-order valence-electron chi connectivity index (χ1n) is 5.73. The molecule has 4 nitrogen and oxygen atoms in total. The quantitative estimate of drug-likeness (QED) is 0.794. The van der Waals surface area contributed by atoms with Crippen molar-refractivity contribution in [2.75, 3.05) is 5.75 Å². The van der Waals surface area contributed by atoms with Crippen molar-refractivity contribution >= 4 is 37.1 Å². The Labute approximate surface area is 114 Å². The van der Waals surface area contributed by atoms with Crippen molar-refractivity contribution in [3.05, 3.63) is 10.0 Å². The summed E-state index contributed by atoms with van der Waals surface area (Å²) in [5, 5.41) is 9.27. The summed E-state index contributed by atoms with van der Waals surface area (Å²) in [5.74, 6) is 0.290. The van der Waals surface area contributed by atoms with Gasteiger partial charge in [0.05, 0.1) is 10.6 Å². The maximum Gasteiger partial charge on any atom is 0.159 e. The largest absolute Gasteiger partial charge is 0.228 e. The lowest BCUT2D eigenvalue weighted by Crippen LogP contribution is -2.21. The molecule has 0 bridgehead atoms. The minimum absolute atomic E-state index is 0.181. The van der Waals surface area contributed by atoms with Gasteiger partial charge < -0.3 is 0 Å². The SMILES string of the molecule is CCC(Br)c1nnc(C2CCCCS2(=O)=O)s1. The highest BCUT2D eigenvalue weighted by molar-refractivity contribution is 9.09. The van der Waals surface area contributed by atoms with Crippen molar-refractivity contribution in [2.24, 2.45) is 0 Å². The molecule has 2 unspecified atom stereocenters. The van der Waals surface area contributed by atoms with Gasteiger partial charge in [-0.25, -0.2) is 8.42 Å². The molecule has 96 valence electrons. The van der Waals surface area contributed by atoms with E-state index in [0.717, 1.165) is 24.3 Å². The molecule has 1 aromatic rings. The molecule has 1 fully saturated rings. The number of hydrogen-bond donors (Lipinski definition) is 0. The molecule has 1 aromatic heterocycles. The highest BCUT2D eigenvalue weighted by Gasteiger charge is 2.33. The first kappa shape index (κ1) is 13.4. The third kappa shape index (κ3) is 2.88. The summed E-state index contributed by atoms with van der Waals surface area (Å²) in [4.78, 5) is 0.181. The fourth-order valence-electron chi connectivity index (χ4n) is 1.91. The third-order valence-electron chi connectivity index (χ3n) is 2.94. The number of aromatic nitrogens is 2. The molecule has 0 aromatic carbocycles. The van der Waals surface area contributed by atoms with E-state index >= 15 is 0 Å². The van der Waals surface area contributed by atoms with E-state index in [1.807, 2.05) is 0 Å². The van der Waals surface area contributed by atoms with Crippen molar-refractivity contribution in [1.82, 2.24) is 10.2 Å². The Hall–Kier alpha value is -0.0100. The summed E-state index contributed by atoms with van der Waals surface area (Å²) in [5.41, 5.74) is 0. The summed E-state index contributed by atoms with van der Waals surface area (Å²) in [6.07, 6.45) is 3.35. The second-order valence-electron chi connectivity index (χ2n) is 4.21. The number of halogens is 1. The van der Waals surface area contributed by atoms with Gasteiger partial charge in [0.2, 0.25) is 0 Å². The molecule has 0 amide bonds. The molecule has 1 aliphatic heterocycles. The van der Waals surface area contributed by atoms with E-state index in [1.165, 1.54) is 11.3 Å². The van der Waals surface area contributed by atoms with Crippen LogP contribution in [0.25, 0.3) is 0 Å². The Morgan fingerprint density at radius 2 is 2.24 bits per heavy atom. The Kier molecular flexibility index (Phi) is 4.20. The molecule has 2 rings (SSSR count). The molecule has 0 radical (unpaired) electrons. The highest BCUT2D eigenvalue weighted by atomic mass is 79.9. The van der Waals surface area contributed by atoms with E-state index in [2.05, 4.69) is 33.1 Å². The number of nitrogens with zero attached hydrogens (tertiary/aromatic N) is 2. The van der Waals surface area contributed by atoms with Gasteiger partial charge in [0.25, 0.3) is 0 Å². The van der Waals surface area contributed by atoms with Gasteiger partial charge in [0.15, 0.2) is 9.84 Å². The van der Waals surface area contributed by atoms with Gasteiger partial charge >= 0.3 is 0 Å². The van der Waals surface area contributed by atoms with Crippen LogP contribution >= 0.6 is 27.3 Å². The number of sulfone groups is 1. The van der Waals surface area contributed by atoms with Crippen LogP contribution in [-0.4, -0.2) is 24.4 Å². The summed E-state index contributed by atoms with van der Waals surface area (Å²) in [6.45, 7) is 2.05. The molecule has 0 aliphatic carbocycles. The van der Waals surface area contributed by atoms with Crippen LogP contribution in [0.15, 0.2) is 0 Å². The van der Waals surface area contributed by atoms with E-state index in [1.54, 1.807) is 0 Å². The molecule has 1 aliphatic rings. The van der Waals surface area contributed by atoms with E-state index < -0.39 is 15.1 Å². The van der Waals surface area contributed by atoms with E-state index in [0.29, 0.717) is 11.4 Å². The number of hydrogen-bond acceptors (Lipinski definition) is 5. The van der Waals surface area contributed by atoms with Gasteiger partial charge in [-0.3, -0.25) is 0 Å². The van der Waals surface area contributed by atoms with Crippen molar-refractivity contribution in [2.45, 2.75) is 42.7 Å². The van der Waals surface area contributed by atoms with Gasteiger partial charge in [0, 0.05) is 0 Å². The van der Waals surface area contributed by atoms with Crippen LogP contribution < -0.4 is 0 Å². The Morgan fingerprint density at radius 3 is 2.88 bits per heavy atom. The van der Waals surface area contributed by atoms with Crippen LogP contribution in [0.2, 0.25) is 0 Å². The Morgan fingerprint density at radius 1 is 1.47 bits per heavy atom. The third-order valence-corrected chi connectivity index (χ3v) is 7.80. The van der Waals surface area contributed by atoms with Crippen molar-refractivity contribution in [3.63, 3.8) is 0 Å². The zero-order chi connectivity index (χ0) is 12.5. The van der Waals surface area contributed by atoms with Gasteiger partial charge in [-0.2, -0.15) is 0 Å². The Balaban J connectivity index is 2.25. The van der Waals surface area contributed by atoms with Crippen molar-refractivity contribution in [3.8, 4) is 0 Å². The topological polar surface area (TPSA) is 59.9 Å². The van der Waals surface area contributed by atoms with Crippen LogP contribution in [0.4, 0.5) is 0 Å². The number of rotatable bonds is 3. The minimum atomic E-state index is -3.00. The van der Waals surface area contributed by atoms with Gasteiger partial charge in [-0.1, -0.05) is 40.6 Å². The van der Waals surface area contributed by atoms with Crippen LogP contribution in [0.1, 0.15) is 52.7 Å². The lowest BCUT2D eigenvalue weighted by Gasteiger charge is -2.19. The molecule has 2 atom stereocenters. The highest BCUT2D eigenvalue weighted by Crippen LogP contribution is 2.37. The lowest BCUT2D eigenvalue weighted by molar-refractivity contribution is 0.544. The van der Waals surface area contributed by atoms with Gasteiger partial charge in [-0.15, -0.1) is 10.2 Å². The van der Waals surface area contributed by atoms with Crippen LogP contribution in [0.3, 0.4) is 0 Å².